The van der Waals surface area contributed by atoms with Gasteiger partial charge in [0.15, 0.2) is 0 Å². The van der Waals surface area contributed by atoms with E-state index in [0.717, 1.165) is 17.3 Å². The topological polar surface area (TPSA) is 0 Å². The molecule has 2 aliphatic carbocycles. The first kappa shape index (κ1) is 7.64. The van der Waals surface area contributed by atoms with Crippen molar-refractivity contribution in [2.75, 3.05) is 0 Å². The number of hydrogen-bond acceptors (Lipinski definition) is 0. The van der Waals surface area contributed by atoms with Gasteiger partial charge in [-0.25, -0.2) is 0 Å². The van der Waals surface area contributed by atoms with Crippen molar-refractivity contribution in [3.63, 3.8) is 0 Å². The van der Waals surface area contributed by atoms with E-state index >= 15 is 0 Å². The molecule has 11 heavy (non-hydrogen) atoms. The van der Waals surface area contributed by atoms with Crippen LogP contribution in [-0.2, 0) is 0 Å². The molecule has 1 unspecified atom stereocenters. The van der Waals surface area contributed by atoms with E-state index < -0.39 is 0 Å². The molecule has 0 aliphatic heterocycles. The molecule has 0 amide bonds. The second-order valence-electron chi connectivity index (χ2n) is 4.91. The largest absolute Gasteiger partial charge is 0.0651 e. The summed E-state index contributed by atoms with van der Waals surface area (Å²) in [7, 11) is 0. The molecule has 0 N–H and O–H groups in total. The van der Waals surface area contributed by atoms with E-state index in [4.69, 9.17) is 0 Å². The molecule has 2 fully saturated rings. The lowest BCUT2D eigenvalue weighted by Gasteiger charge is -2.56. The normalized spacial score (nSPS) is 31.1. The first-order valence-corrected chi connectivity index (χ1v) is 5.26. The van der Waals surface area contributed by atoms with Crippen molar-refractivity contribution in [1.29, 1.82) is 0 Å². The third-order valence-electron chi connectivity index (χ3n) is 4.25. The summed E-state index contributed by atoms with van der Waals surface area (Å²) >= 11 is 0. The maximum absolute atomic E-state index is 2.43. The van der Waals surface area contributed by atoms with Crippen LogP contribution in [0, 0.1) is 17.3 Å². The fraction of sp³-hybridized carbons (Fsp3) is 1.00. The van der Waals surface area contributed by atoms with E-state index in [9.17, 15) is 0 Å². The summed E-state index contributed by atoms with van der Waals surface area (Å²) in [6, 6.07) is 0. The molecule has 0 aromatic heterocycles. The zero-order chi connectivity index (χ0) is 7.90. The first-order chi connectivity index (χ1) is 5.26. The highest BCUT2D eigenvalue weighted by molar-refractivity contribution is 4.99. The summed E-state index contributed by atoms with van der Waals surface area (Å²) in [5.74, 6) is 2.10. The molecule has 2 aliphatic rings. The maximum Gasteiger partial charge on any atom is -0.0292 e. The van der Waals surface area contributed by atoms with Gasteiger partial charge in [-0.2, -0.15) is 0 Å². The van der Waals surface area contributed by atoms with Gasteiger partial charge in [-0.15, -0.1) is 0 Å². The van der Waals surface area contributed by atoms with Gasteiger partial charge >= 0.3 is 0 Å². The van der Waals surface area contributed by atoms with Crippen LogP contribution in [0.2, 0.25) is 0 Å². The Morgan fingerprint density at radius 1 is 1.36 bits per heavy atom. The lowest BCUT2D eigenvalue weighted by Crippen LogP contribution is -2.44. The van der Waals surface area contributed by atoms with Gasteiger partial charge in [0.05, 0.1) is 0 Å². The Morgan fingerprint density at radius 2 is 2.00 bits per heavy atom. The van der Waals surface area contributed by atoms with E-state index in [1.54, 1.807) is 25.7 Å². The zero-order valence-corrected chi connectivity index (χ0v) is 7.90. The van der Waals surface area contributed by atoms with Crippen molar-refractivity contribution in [2.24, 2.45) is 17.3 Å². The van der Waals surface area contributed by atoms with E-state index in [1.165, 1.54) is 12.8 Å². The summed E-state index contributed by atoms with van der Waals surface area (Å²) in [5.41, 5.74) is 0.897. The third-order valence-corrected chi connectivity index (χ3v) is 4.25. The van der Waals surface area contributed by atoms with Crippen LogP contribution in [0.3, 0.4) is 0 Å². The average Bonchev–Trinajstić information content (AvgIpc) is 1.81. The highest BCUT2D eigenvalue weighted by atomic mass is 14.5. The highest BCUT2D eigenvalue weighted by Gasteiger charge is 2.48. The van der Waals surface area contributed by atoms with Crippen LogP contribution >= 0.6 is 0 Å². The lowest BCUT2D eigenvalue weighted by atomic mass is 9.49. The van der Waals surface area contributed by atoms with Gasteiger partial charge in [0.1, 0.15) is 0 Å². The monoisotopic (exact) mass is 152 g/mol. The SMILES string of the molecule is CCC(C)C1CC2(CCC2)C1. The minimum Gasteiger partial charge on any atom is -0.0651 e. The molecule has 0 nitrogen and oxygen atoms in total. The van der Waals surface area contributed by atoms with Crippen LogP contribution in [0.4, 0.5) is 0 Å². The van der Waals surface area contributed by atoms with Gasteiger partial charge in [0.25, 0.3) is 0 Å². The Morgan fingerprint density at radius 3 is 2.36 bits per heavy atom. The lowest BCUT2D eigenvalue weighted by molar-refractivity contribution is -0.0473. The smallest absolute Gasteiger partial charge is 0.0292 e. The minimum atomic E-state index is 0.897. The Bertz CT molecular complexity index is 136. The maximum atomic E-state index is 2.43. The van der Waals surface area contributed by atoms with Crippen LogP contribution in [0.1, 0.15) is 52.4 Å². The van der Waals surface area contributed by atoms with E-state index in [1.807, 2.05) is 0 Å². The molecule has 0 heterocycles. The zero-order valence-electron chi connectivity index (χ0n) is 7.90. The summed E-state index contributed by atoms with van der Waals surface area (Å²) in [5, 5.41) is 0. The van der Waals surface area contributed by atoms with Gasteiger partial charge in [0.2, 0.25) is 0 Å². The Balaban J connectivity index is 1.78. The molecule has 0 heteroatoms. The van der Waals surface area contributed by atoms with E-state index in [0.29, 0.717) is 0 Å². The summed E-state index contributed by atoms with van der Waals surface area (Å²) in [4.78, 5) is 0. The van der Waals surface area contributed by atoms with Gasteiger partial charge in [-0.3, -0.25) is 0 Å². The number of hydrogen-bond donors (Lipinski definition) is 0. The van der Waals surface area contributed by atoms with Gasteiger partial charge in [-0.1, -0.05) is 26.7 Å². The molecule has 64 valence electrons. The standard InChI is InChI=1S/C11H20/c1-3-9(2)10-7-11(8-10)5-4-6-11/h9-10H,3-8H2,1-2H3. The van der Waals surface area contributed by atoms with Crippen LogP contribution in [0.15, 0.2) is 0 Å². The van der Waals surface area contributed by atoms with Crippen LogP contribution < -0.4 is 0 Å². The molecule has 0 saturated heterocycles. The van der Waals surface area contributed by atoms with Crippen molar-refractivity contribution in [3.8, 4) is 0 Å². The Labute approximate surface area is 70.4 Å². The predicted octanol–water partition coefficient (Wildman–Crippen LogP) is 3.61. The van der Waals surface area contributed by atoms with Crippen molar-refractivity contribution >= 4 is 0 Å². The Kier molecular flexibility index (Phi) is 1.74. The molecule has 1 atom stereocenters. The van der Waals surface area contributed by atoms with Crippen LogP contribution in [0.25, 0.3) is 0 Å². The summed E-state index contributed by atoms with van der Waals surface area (Å²) in [6.07, 6.45) is 9.16. The molecular weight excluding hydrogens is 132 g/mol. The van der Waals surface area contributed by atoms with Crippen LogP contribution in [0.5, 0.6) is 0 Å². The van der Waals surface area contributed by atoms with Crippen molar-refractivity contribution in [1.82, 2.24) is 0 Å². The van der Waals surface area contributed by atoms with Crippen molar-refractivity contribution in [2.45, 2.75) is 52.4 Å². The molecule has 0 bridgehead atoms. The van der Waals surface area contributed by atoms with Gasteiger partial charge < -0.3 is 0 Å². The molecule has 0 aromatic rings. The van der Waals surface area contributed by atoms with E-state index in [2.05, 4.69) is 13.8 Å². The average molecular weight is 152 g/mol. The second-order valence-corrected chi connectivity index (χ2v) is 4.91. The van der Waals surface area contributed by atoms with Crippen molar-refractivity contribution < 1.29 is 0 Å². The predicted molar refractivity (Wildman–Crippen MR) is 48.5 cm³/mol. The summed E-state index contributed by atoms with van der Waals surface area (Å²) < 4.78 is 0. The molecule has 0 radical (unpaired) electrons. The molecule has 2 saturated carbocycles. The molecular formula is C11H20. The highest BCUT2D eigenvalue weighted by Crippen LogP contribution is 2.60. The van der Waals surface area contributed by atoms with Crippen LogP contribution in [-0.4, -0.2) is 0 Å². The summed E-state index contributed by atoms with van der Waals surface area (Å²) in [6.45, 7) is 4.76. The van der Waals surface area contributed by atoms with Gasteiger partial charge in [0, 0.05) is 0 Å². The first-order valence-electron chi connectivity index (χ1n) is 5.26. The van der Waals surface area contributed by atoms with E-state index in [-0.39, 0.29) is 0 Å². The Hall–Kier alpha value is 0. The minimum absolute atomic E-state index is 0.897. The van der Waals surface area contributed by atoms with Crippen molar-refractivity contribution in [3.05, 3.63) is 0 Å². The third kappa shape index (κ3) is 1.11. The number of rotatable bonds is 2. The molecule has 0 aromatic carbocycles. The molecule has 1 spiro atoms. The quantitative estimate of drug-likeness (QED) is 0.567. The van der Waals surface area contributed by atoms with Gasteiger partial charge in [-0.05, 0) is 42.9 Å². The molecule has 2 rings (SSSR count). The fourth-order valence-electron chi connectivity index (χ4n) is 2.87. The fourth-order valence-corrected chi connectivity index (χ4v) is 2.87. The second kappa shape index (κ2) is 2.50.